The van der Waals surface area contributed by atoms with E-state index in [2.05, 4.69) is 23.3 Å². The standard InChI is InChI=1S/C12H18N2S/c1-2-14-12(11-8-13-9-15-11)10-6-4-3-5-7-10/h6,8-9,12,14H,2-5,7H2,1H3. The number of nitrogens with one attached hydrogen (secondary N) is 1. The number of rotatable bonds is 4. The monoisotopic (exact) mass is 222 g/mol. The van der Waals surface area contributed by atoms with E-state index in [-0.39, 0.29) is 0 Å². The van der Waals surface area contributed by atoms with Gasteiger partial charge in [0.05, 0.1) is 11.6 Å². The van der Waals surface area contributed by atoms with E-state index in [0.717, 1.165) is 6.54 Å². The van der Waals surface area contributed by atoms with Crippen LogP contribution in [0.3, 0.4) is 0 Å². The summed E-state index contributed by atoms with van der Waals surface area (Å²) in [5.41, 5.74) is 3.48. The molecule has 82 valence electrons. The Kier molecular flexibility index (Phi) is 3.92. The van der Waals surface area contributed by atoms with Gasteiger partial charge < -0.3 is 5.32 Å². The molecule has 0 spiro atoms. The molecule has 1 atom stereocenters. The summed E-state index contributed by atoms with van der Waals surface area (Å²) >= 11 is 1.75. The largest absolute Gasteiger partial charge is 0.306 e. The number of likely N-dealkylation sites (N-methyl/N-ethyl adjacent to an activating group) is 1. The van der Waals surface area contributed by atoms with E-state index in [9.17, 15) is 0 Å². The van der Waals surface area contributed by atoms with Crippen LogP contribution < -0.4 is 5.32 Å². The number of nitrogens with zero attached hydrogens (tertiary/aromatic N) is 1. The van der Waals surface area contributed by atoms with Gasteiger partial charge in [-0.05, 0) is 32.2 Å². The molecule has 1 aromatic rings. The summed E-state index contributed by atoms with van der Waals surface area (Å²) in [7, 11) is 0. The molecule has 0 saturated carbocycles. The lowest BCUT2D eigenvalue weighted by molar-refractivity contribution is 0.569. The molecule has 0 fully saturated rings. The molecular weight excluding hydrogens is 204 g/mol. The highest BCUT2D eigenvalue weighted by Gasteiger charge is 2.18. The van der Waals surface area contributed by atoms with E-state index in [1.165, 1.54) is 30.6 Å². The summed E-state index contributed by atoms with van der Waals surface area (Å²) in [6.07, 6.45) is 9.59. The fraction of sp³-hybridized carbons (Fsp3) is 0.583. The highest BCUT2D eigenvalue weighted by atomic mass is 32.1. The first-order chi connectivity index (χ1) is 7.42. The maximum Gasteiger partial charge on any atom is 0.0794 e. The first kappa shape index (κ1) is 10.8. The molecule has 0 radical (unpaired) electrons. The van der Waals surface area contributed by atoms with Crippen LogP contribution in [0.1, 0.15) is 43.5 Å². The molecule has 15 heavy (non-hydrogen) atoms. The SMILES string of the molecule is CCNC(C1=CCCCC1)c1cncs1. The Labute approximate surface area is 95.4 Å². The molecule has 0 aliphatic heterocycles. The van der Waals surface area contributed by atoms with Crippen molar-refractivity contribution in [3.05, 3.63) is 28.2 Å². The fourth-order valence-electron chi connectivity index (χ4n) is 2.11. The van der Waals surface area contributed by atoms with Crippen LogP contribution in [-0.2, 0) is 0 Å². The zero-order valence-electron chi connectivity index (χ0n) is 9.20. The third-order valence-corrected chi connectivity index (χ3v) is 3.68. The highest BCUT2D eigenvalue weighted by Crippen LogP contribution is 2.31. The van der Waals surface area contributed by atoms with E-state index in [0.29, 0.717) is 6.04 Å². The summed E-state index contributed by atoms with van der Waals surface area (Å²) < 4.78 is 0. The van der Waals surface area contributed by atoms with E-state index in [1.807, 2.05) is 11.7 Å². The number of allylic oxidation sites excluding steroid dienone is 1. The van der Waals surface area contributed by atoms with Crippen molar-refractivity contribution < 1.29 is 0 Å². The normalized spacial score (nSPS) is 18.6. The molecular formula is C12H18N2S. The molecule has 1 unspecified atom stereocenters. The molecule has 1 aromatic heterocycles. The maximum atomic E-state index is 4.17. The fourth-order valence-corrected chi connectivity index (χ4v) is 2.85. The summed E-state index contributed by atoms with van der Waals surface area (Å²) in [6.45, 7) is 3.18. The van der Waals surface area contributed by atoms with Gasteiger partial charge >= 0.3 is 0 Å². The number of thiazole rings is 1. The van der Waals surface area contributed by atoms with Crippen molar-refractivity contribution in [2.45, 2.75) is 38.6 Å². The highest BCUT2D eigenvalue weighted by molar-refractivity contribution is 7.09. The van der Waals surface area contributed by atoms with Gasteiger partial charge in [-0.25, -0.2) is 0 Å². The molecule has 1 heterocycles. The Morgan fingerprint density at radius 3 is 3.07 bits per heavy atom. The van der Waals surface area contributed by atoms with Crippen molar-refractivity contribution in [1.29, 1.82) is 0 Å². The predicted octanol–water partition coefficient (Wildman–Crippen LogP) is 3.29. The Hall–Kier alpha value is -0.670. The van der Waals surface area contributed by atoms with Crippen molar-refractivity contribution in [2.24, 2.45) is 0 Å². The number of aromatic nitrogens is 1. The summed E-state index contributed by atoms with van der Waals surface area (Å²) in [6, 6.07) is 0.419. The smallest absolute Gasteiger partial charge is 0.0794 e. The average molecular weight is 222 g/mol. The van der Waals surface area contributed by atoms with E-state index >= 15 is 0 Å². The first-order valence-corrected chi connectivity index (χ1v) is 6.60. The second-order valence-corrected chi connectivity index (χ2v) is 4.84. The maximum absolute atomic E-state index is 4.17. The van der Waals surface area contributed by atoms with E-state index < -0.39 is 0 Å². The minimum Gasteiger partial charge on any atom is -0.306 e. The van der Waals surface area contributed by atoms with Crippen molar-refractivity contribution in [2.75, 3.05) is 6.54 Å². The van der Waals surface area contributed by atoms with Gasteiger partial charge in [0.2, 0.25) is 0 Å². The second kappa shape index (κ2) is 5.42. The second-order valence-electron chi connectivity index (χ2n) is 3.92. The lowest BCUT2D eigenvalue weighted by atomic mass is 9.93. The van der Waals surface area contributed by atoms with Gasteiger partial charge in [-0.3, -0.25) is 4.98 Å². The minimum atomic E-state index is 0.419. The molecule has 0 aromatic carbocycles. The van der Waals surface area contributed by atoms with Gasteiger partial charge in [-0.1, -0.05) is 18.6 Å². The Bertz CT molecular complexity index is 316. The predicted molar refractivity (Wildman–Crippen MR) is 65.1 cm³/mol. The van der Waals surface area contributed by atoms with Gasteiger partial charge in [0.25, 0.3) is 0 Å². The first-order valence-electron chi connectivity index (χ1n) is 5.72. The van der Waals surface area contributed by atoms with Crippen molar-refractivity contribution in [3.8, 4) is 0 Å². The lowest BCUT2D eigenvalue weighted by Crippen LogP contribution is -2.22. The minimum absolute atomic E-state index is 0.419. The molecule has 2 nitrogen and oxygen atoms in total. The van der Waals surface area contributed by atoms with Crippen LogP contribution in [-0.4, -0.2) is 11.5 Å². The molecule has 1 aliphatic carbocycles. The molecule has 3 heteroatoms. The van der Waals surface area contributed by atoms with Crippen molar-refractivity contribution in [3.63, 3.8) is 0 Å². The lowest BCUT2D eigenvalue weighted by Gasteiger charge is -2.22. The van der Waals surface area contributed by atoms with Gasteiger partial charge in [-0.2, -0.15) is 0 Å². The topological polar surface area (TPSA) is 24.9 Å². The van der Waals surface area contributed by atoms with E-state index in [1.54, 1.807) is 16.9 Å². The summed E-state index contributed by atoms with van der Waals surface area (Å²) in [5, 5.41) is 3.56. The van der Waals surface area contributed by atoms with Crippen LogP contribution in [0.4, 0.5) is 0 Å². The third-order valence-electron chi connectivity index (χ3n) is 2.84. The van der Waals surface area contributed by atoms with Crippen LogP contribution in [0, 0.1) is 0 Å². The Morgan fingerprint density at radius 2 is 2.47 bits per heavy atom. The summed E-state index contributed by atoms with van der Waals surface area (Å²) in [4.78, 5) is 5.52. The molecule has 1 aliphatic rings. The van der Waals surface area contributed by atoms with Crippen LogP contribution in [0.25, 0.3) is 0 Å². The van der Waals surface area contributed by atoms with E-state index in [4.69, 9.17) is 0 Å². The van der Waals surface area contributed by atoms with Crippen molar-refractivity contribution >= 4 is 11.3 Å². The van der Waals surface area contributed by atoms with Crippen LogP contribution in [0.2, 0.25) is 0 Å². The average Bonchev–Trinajstić information content (AvgIpc) is 2.80. The molecule has 0 saturated heterocycles. The third kappa shape index (κ3) is 2.67. The molecule has 1 N–H and O–H groups in total. The number of hydrogen-bond donors (Lipinski definition) is 1. The van der Waals surface area contributed by atoms with Gasteiger partial charge in [0.15, 0.2) is 0 Å². The Balaban J connectivity index is 2.15. The van der Waals surface area contributed by atoms with Crippen LogP contribution >= 0.6 is 11.3 Å². The van der Waals surface area contributed by atoms with Crippen LogP contribution in [0.15, 0.2) is 23.4 Å². The summed E-state index contributed by atoms with van der Waals surface area (Å²) in [5.74, 6) is 0. The zero-order chi connectivity index (χ0) is 10.5. The van der Waals surface area contributed by atoms with Crippen molar-refractivity contribution in [1.82, 2.24) is 10.3 Å². The van der Waals surface area contributed by atoms with Gasteiger partial charge in [-0.15, -0.1) is 11.3 Å². The quantitative estimate of drug-likeness (QED) is 0.791. The number of hydrogen-bond acceptors (Lipinski definition) is 3. The zero-order valence-corrected chi connectivity index (χ0v) is 10.0. The van der Waals surface area contributed by atoms with Gasteiger partial charge in [0.1, 0.15) is 0 Å². The molecule has 0 amide bonds. The molecule has 0 bridgehead atoms. The van der Waals surface area contributed by atoms with Gasteiger partial charge in [0, 0.05) is 11.1 Å². The Morgan fingerprint density at radius 1 is 1.53 bits per heavy atom. The molecule has 2 rings (SSSR count). The van der Waals surface area contributed by atoms with Crippen LogP contribution in [0.5, 0.6) is 0 Å².